The van der Waals surface area contributed by atoms with Crippen LogP contribution in [0.4, 0.5) is 32.2 Å². The molecule has 4 heterocycles. The van der Waals surface area contributed by atoms with Crippen LogP contribution in [0.3, 0.4) is 0 Å². The zero-order chi connectivity index (χ0) is 27.9. The number of carboxylic acid groups (broad SMARTS) is 2. The standard InChI is InChI=1S/C17H22N4OS.2C2HF3O2/c1-13-4-5-16(20-19-13)18-14-9-17(22-11-14)6-7-21(12-17)10-15-3-2-8-23-15;2*3-2(4,5)1(6)7/h2-5,8,14H,6-7,9-12H2,1H3,(H,18,20);2*(H,6,7). The van der Waals surface area contributed by atoms with Gasteiger partial charge >= 0.3 is 24.3 Å². The van der Waals surface area contributed by atoms with Gasteiger partial charge in [-0.05, 0) is 36.9 Å². The highest BCUT2D eigenvalue weighted by Gasteiger charge is 2.45. The molecule has 2 fully saturated rings. The molecule has 3 N–H and O–H groups in total. The SMILES string of the molecule is Cc1ccc(NC2COC3(CCN(Cc4cccs4)C3)C2)nn1.O=C(O)C(F)(F)F.O=C(O)C(F)(F)F. The first-order valence-electron chi connectivity index (χ1n) is 10.7. The Kier molecular flexibility index (Phi) is 10.2. The third-order valence-corrected chi connectivity index (χ3v) is 6.06. The monoisotopic (exact) mass is 558 g/mol. The number of hydrogen-bond donors (Lipinski definition) is 3. The van der Waals surface area contributed by atoms with Crippen molar-refractivity contribution < 1.29 is 50.9 Å². The summed E-state index contributed by atoms with van der Waals surface area (Å²) in [5.74, 6) is -4.67. The van der Waals surface area contributed by atoms with Gasteiger partial charge in [-0.25, -0.2) is 9.59 Å². The van der Waals surface area contributed by atoms with Crippen LogP contribution in [0.5, 0.6) is 0 Å². The lowest BCUT2D eigenvalue weighted by Crippen LogP contribution is -2.33. The minimum Gasteiger partial charge on any atom is -0.475 e. The van der Waals surface area contributed by atoms with E-state index in [1.54, 1.807) is 0 Å². The summed E-state index contributed by atoms with van der Waals surface area (Å²) >= 11 is 1.83. The Bertz CT molecular complexity index is 996. The van der Waals surface area contributed by atoms with Crippen molar-refractivity contribution in [1.29, 1.82) is 0 Å². The molecule has 2 atom stereocenters. The minimum atomic E-state index is -5.08. The molecule has 0 bridgehead atoms. The van der Waals surface area contributed by atoms with E-state index in [9.17, 15) is 26.3 Å². The van der Waals surface area contributed by atoms with Crippen LogP contribution in [0, 0.1) is 6.92 Å². The van der Waals surface area contributed by atoms with E-state index in [1.807, 2.05) is 30.4 Å². The van der Waals surface area contributed by atoms with Gasteiger partial charge in [-0.3, -0.25) is 4.90 Å². The van der Waals surface area contributed by atoms with Gasteiger partial charge in [0.2, 0.25) is 0 Å². The van der Waals surface area contributed by atoms with Crippen LogP contribution in [-0.4, -0.2) is 80.9 Å². The Labute approximate surface area is 211 Å². The van der Waals surface area contributed by atoms with Gasteiger partial charge in [0.15, 0.2) is 0 Å². The van der Waals surface area contributed by atoms with E-state index in [4.69, 9.17) is 24.5 Å². The predicted molar refractivity (Wildman–Crippen MR) is 119 cm³/mol. The number of alkyl halides is 6. The number of carboxylic acids is 2. The number of rotatable bonds is 4. The molecule has 0 aromatic carbocycles. The van der Waals surface area contributed by atoms with Gasteiger partial charge in [0, 0.05) is 30.9 Å². The van der Waals surface area contributed by atoms with Gasteiger partial charge in [-0.2, -0.15) is 31.4 Å². The van der Waals surface area contributed by atoms with Crippen molar-refractivity contribution in [1.82, 2.24) is 15.1 Å². The normalized spacial score (nSPS) is 21.5. The van der Waals surface area contributed by atoms with Gasteiger partial charge < -0.3 is 20.3 Å². The maximum Gasteiger partial charge on any atom is 0.490 e. The quantitative estimate of drug-likeness (QED) is 0.479. The Hall–Kier alpha value is -2.98. The van der Waals surface area contributed by atoms with E-state index in [0.29, 0.717) is 6.04 Å². The Balaban J connectivity index is 0.000000286. The van der Waals surface area contributed by atoms with E-state index in [0.717, 1.165) is 50.6 Å². The Morgan fingerprint density at radius 3 is 2.24 bits per heavy atom. The fraction of sp³-hybridized carbons (Fsp3) is 0.524. The third kappa shape index (κ3) is 10.1. The molecule has 2 unspecified atom stereocenters. The third-order valence-electron chi connectivity index (χ3n) is 5.20. The number of likely N-dealkylation sites (tertiary alicyclic amines) is 1. The van der Waals surface area contributed by atoms with E-state index < -0.39 is 24.3 Å². The van der Waals surface area contributed by atoms with Crippen molar-refractivity contribution in [2.75, 3.05) is 25.0 Å². The number of ether oxygens (including phenoxy) is 1. The van der Waals surface area contributed by atoms with Crippen molar-refractivity contribution in [2.45, 2.75) is 50.3 Å². The number of aromatic nitrogens is 2. The summed E-state index contributed by atoms with van der Waals surface area (Å²) < 4.78 is 69.7. The summed E-state index contributed by atoms with van der Waals surface area (Å²) in [5.41, 5.74) is 0.960. The topological polar surface area (TPSA) is 125 Å². The molecule has 0 saturated carbocycles. The fourth-order valence-electron chi connectivity index (χ4n) is 3.59. The lowest BCUT2D eigenvalue weighted by atomic mass is 9.97. The van der Waals surface area contributed by atoms with Gasteiger partial charge in [0.1, 0.15) is 5.82 Å². The van der Waals surface area contributed by atoms with Gasteiger partial charge in [-0.1, -0.05) is 6.07 Å². The largest absolute Gasteiger partial charge is 0.490 e. The summed E-state index contributed by atoms with van der Waals surface area (Å²) in [4.78, 5) is 21.7. The second-order valence-electron chi connectivity index (χ2n) is 8.25. The Morgan fingerprint density at radius 2 is 1.76 bits per heavy atom. The molecular formula is C21H24F6N4O5S. The zero-order valence-corrected chi connectivity index (χ0v) is 20.2. The average Bonchev–Trinajstić information content (AvgIpc) is 3.53. The highest BCUT2D eigenvalue weighted by atomic mass is 32.1. The molecule has 2 aliphatic rings. The van der Waals surface area contributed by atoms with Crippen LogP contribution in [0.25, 0.3) is 0 Å². The predicted octanol–water partition coefficient (Wildman–Crippen LogP) is 3.96. The first-order chi connectivity index (χ1) is 17.1. The first-order valence-corrected chi connectivity index (χ1v) is 11.5. The van der Waals surface area contributed by atoms with Gasteiger partial charge in [-0.15, -0.1) is 16.4 Å². The van der Waals surface area contributed by atoms with Crippen molar-refractivity contribution in [3.8, 4) is 0 Å². The lowest BCUT2D eigenvalue weighted by molar-refractivity contribution is -0.193. The number of nitrogens with zero attached hydrogens (tertiary/aromatic N) is 3. The number of carbonyl (C=O) groups is 2. The molecule has 0 amide bonds. The number of nitrogens with one attached hydrogen (secondary N) is 1. The van der Waals surface area contributed by atoms with Crippen LogP contribution in [0.1, 0.15) is 23.4 Å². The zero-order valence-electron chi connectivity index (χ0n) is 19.3. The molecular weight excluding hydrogens is 534 g/mol. The molecule has 2 aromatic heterocycles. The molecule has 4 rings (SSSR count). The number of hydrogen-bond acceptors (Lipinski definition) is 8. The summed E-state index contributed by atoms with van der Waals surface area (Å²) in [6, 6.07) is 8.64. The van der Waals surface area contributed by atoms with Crippen LogP contribution < -0.4 is 5.32 Å². The number of anilines is 1. The number of thiophene rings is 1. The second-order valence-corrected chi connectivity index (χ2v) is 9.28. The smallest absolute Gasteiger partial charge is 0.475 e. The fourth-order valence-corrected chi connectivity index (χ4v) is 4.34. The van der Waals surface area contributed by atoms with Gasteiger partial charge in [0.05, 0.1) is 23.9 Å². The summed E-state index contributed by atoms with van der Waals surface area (Å²) in [7, 11) is 0. The second kappa shape index (κ2) is 12.5. The maximum atomic E-state index is 10.6. The molecule has 2 saturated heterocycles. The van der Waals surface area contributed by atoms with E-state index in [-0.39, 0.29) is 5.60 Å². The number of halogens is 6. The van der Waals surface area contributed by atoms with Crippen molar-refractivity contribution >= 4 is 29.1 Å². The highest BCUT2D eigenvalue weighted by Crippen LogP contribution is 2.36. The molecule has 37 heavy (non-hydrogen) atoms. The summed E-state index contributed by atoms with van der Waals surface area (Å²) in [5, 5.41) is 28.2. The molecule has 16 heteroatoms. The first kappa shape index (κ1) is 30.2. The average molecular weight is 559 g/mol. The molecule has 2 aromatic rings. The highest BCUT2D eigenvalue weighted by molar-refractivity contribution is 7.09. The van der Waals surface area contributed by atoms with E-state index in [2.05, 4.69) is 37.9 Å². The Morgan fingerprint density at radius 1 is 1.14 bits per heavy atom. The van der Waals surface area contributed by atoms with Crippen molar-refractivity contribution in [3.63, 3.8) is 0 Å². The lowest BCUT2D eigenvalue weighted by Gasteiger charge is -2.23. The van der Waals surface area contributed by atoms with Crippen LogP contribution >= 0.6 is 11.3 Å². The van der Waals surface area contributed by atoms with Crippen molar-refractivity contribution in [3.05, 3.63) is 40.2 Å². The maximum absolute atomic E-state index is 10.6. The molecule has 2 aliphatic heterocycles. The summed E-state index contributed by atoms with van der Waals surface area (Å²) in [6.45, 7) is 5.90. The molecule has 0 aliphatic carbocycles. The molecule has 0 radical (unpaired) electrons. The van der Waals surface area contributed by atoms with Crippen molar-refractivity contribution in [2.24, 2.45) is 0 Å². The van der Waals surface area contributed by atoms with E-state index in [1.165, 1.54) is 4.88 Å². The number of aliphatic carboxylic acids is 2. The van der Waals surface area contributed by atoms with Crippen LogP contribution in [0.15, 0.2) is 29.6 Å². The molecule has 9 nitrogen and oxygen atoms in total. The molecule has 1 spiro atoms. The summed E-state index contributed by atoms with van der Waals surface area (Å²) in [6.07, 6.45) is -8.00. The van der Waals surface area contributed by atoms with Gasteiger partial charge in [0.25, 0.3) is 0 Å². The van der Waals surface area contributed by atoms with Crippen LogP contribution in [0.2, 0.25) is 0 Å². The van der Waals surface area contributed by atoms with E-state index >= 15 is 0 Å². The number of aryl methyl sites for hydroxylation is 1. The van der Waals surface area contributed by atoms with Crippen LogP contribution in [-0.2, 0) is 20.9 Å². The molecule has 206 valence electrons. The minimum absolute atomic E-state index is 0.0209.